The summed E-state index contributed by atoms with van der Waals surface area (Å²) in [6, 6.07) is 11.6. The first-order chi connectivity index (χ1) is 14.0. The Kier molecular flexibility index (Phi) is 7.49. The number of benzene rings is 1. The largest absolute Gasteiger partial charge is 0.376 e. The second-order valence-corrected chi connectivity index (χ2v) is 7.49. The number of morpholine rings is 1. The first kappa shape index (κ1) is 21.1. The summed E-state index contributed by atoms with van der Waals surface area (Å²) in [5.74, 6) is -0.251. The van der Waals surface area contributed by atoms with Gasteiger partial charge in [-0.15, -0.1) is 0 Å². The average Bonchev–Trinajstić information content (AvgIpc) is 2.73. The van der Waals surface area contributed by atoms with Gasteiger partial charge in [0.05, 0.1) is 12.7 Å². The molecule has 2 heterocycles. The molecule has 154 valence electrons. The van der Waals surface area contributed by atoms with E-state index in [0.29, 0.717) is 18.4 Å². The van der Waals surface area contributed by atoms with E-state index in [9.17, 15) is 9.59 Å². The van der Waals surface area contributed by atoms with Crippen molar-refractivity contribution in [2.45, 2.75) is 38.7 Å². The predicted molar refractivity (Wildman–Crippen MR) is 112 cm³/mol. The number of aryl methyl sites for hydroxylation is 1. The maximum Gasteiger partial charge on any atom is 0.269 e. The quantitative estimate of drug-likeness (QED) is 0.672. The number of Topliss-reactive ketones (excluding diaryl/α,β-unsaturated/α-hetero) is 1. The standard InChI is InChI=1S/C23H29N3O3/c1-16-5-3-6-17(11-16)12-19-13-18(14-21(26-19)23(28)24-2)22(27)8-4-7-20-15-25-9-10-29-20/h3,5-6,11,13-14,20,25H,4,7-10,12,15H2,1-2H3,(H,24,28)/t20-/m1/s1. The van der Waals surface area contributed by atoms with Crippen molar-refractivity contribution in [1.29, 1.82) is 0 Å². The minimum absolute atomic E-state index is 0.0341. The van der Waals surface area contributed by atoms with Gasteiger partial charge < -0.3 is 15.4 Å². The Morgan fingerprint density at radius 2 is 2.14 bits per heavy atom. The molecule has 1 aromatic heterocycles. The Balaban J connectivity index is 1.71. The zero-order chi connectivity index (χ0) is 20.6. The fraction of sp³-hybridized carbons (Fsp3) is 0.435. The highest BCUT2D eigenvalue weighted by Crippen LogP contribution is 2.16. The molecule has 1 aliphatic rings. The van der Waals surface area contributed by atoms with Crippen LogP contribution in [0.15, 0.2) is 36.4 Å². The molecule has 1 aromatic carbocycles. The van der Waals surface area contributed by atoms with Gasteiger partial charge in [0, 0.05) is 44.2 Å². The van der Waals surface area contributed by atoms with E-state index in [1.165, 1.54) is 5.56 Å². The summed E-state index contributed by atoms with van der Waals surface area (Å²) >= 11 is 0. The van der Waals surface area contributed by atoms with Crippen molar-refractivity contribution >= 4 is 11.7 Å². The van der Waals surface area contributed by atoms with Gasteiger partial charge in [0.15, 0.2) is 5.78 Å². The van der Waals surface area contributed by atoms with Gasteiger partial charge >= 0.3 is 0 Å². The lowest BCUT2D eigenvalue weighted by Crippen LogP contribution is -2.38. The lowest BCUT2D eigenvalue weighted by atomic mass is 10.0. The molecule has 29 heavy (non-hydrogen) atoms. The van der Waals surface area contributed by atoms with Crippen LogP contribution in [0.25, 0.3) is 0 Å². The minimum atomic E-state index is -0.285. The summed E-state index contributed by atoms with van der Waals surface area (Å²) in [4.78, 5) is 29.4. The third-order valence-electron chi connectivity index (χ3n) is 5.06. The van der Waals surface area contributed by atoms with Crippen LogP contribution in [0, 0.1) is 6.92 Å². The van der Waals surface area contributed by atoms with Crippen LogP contribution in [0.5, 0.6) is 0 Å². The maximum absolute atomic E-state index is 12.8. The van der Waals surface area contributed by atoms with Crippen molar-refractivity contribution in [3.63, 3.8) is 0 Å². The maximum atomic E-state index is 12.8. The van der Waals surface area contributed by atoms with Gasteiger partial charge in [0.25, 0.3) is 5.91 Å². The third kappa shape index (κ3) is 6.21. The Morgan fingerprint density at radius 3 is 2.86 bits per heavy atom. The Labute approximate surface area is 172 Å². The Morgan fingerprint density at radius 1 is 1.28 bits per heavy atom. The molecule has 6 heteroatoms. The molecule has 1 atom stereocenters. The average molecular weight is 396 g/mol. The normalized spacial score (nSPS) is 16.4. The number of hydrogen-bond acceptors (Lipinski definition) is 5. The molecule has 2 N–H and O–H groups in total. The molecule has 3 rings (SSSR count). The molecule has 0 radical (unpaired) electrons. The van der Waals surface area contributed by atoms with E-state index in [-0.39, 0.29) is 23.5 Å². The molecule has 0 aliphatic carbocycles. The zero-order valence-corrected chi connectivity index (χ0v) is 17.2. The molecule has 1 amide bonds. The van der Waals surface area contributed by atoms with E-state index in [4.69, 9.17) is 4.74 Å². The van der Waals surface area contributed by atoms with Crippen LogP contribution >= 0.6 is 0 Å². The fourth-order valence-electron chi connectivity index (χ4n) is 3.55. The van der Waals surface area contributed by atoms with Crippen LogP contribution in [0.4, 0.5) is 0 Å². The number of amides is 1. The third-order valence-corrected chi connectivity index (χ3v) is 5.06. The number of carbonyl (C=O) groups excluding carboxylic acids is 2. The van der Waals surface area contributed by atoms with Crippen LogP contribution in [-0.4, -0.2) is 49.5 Å². The smallest absolute Gasteiger partial charge is 0.269 e. The second-order valence-electron chi connectivity index (χ2n) is 7.49. The van der Waals surface area contributed by atoms with Gasteiger partial charge in [0.1, 0.15) is 5.69 Å². The first-order valence-corrected chi connectivity index (χ1v) is 10.2. The predicted octanol–water partition coefficient (Wildman–Crippen LogP) is 2.68. The molecular formula is C23H29N3O3. The van der Waals surface area contributed by atoms with Crippen molar-refractivity contribution < 1.29 is 14.3 Å². The van der Waals surface area contributed by atoms with Crippen molar-refractivity contribution in [3.05, 3.63) is 64.5 Å². The van der Waals surface area contributed by atoms with Gasteiger partial charge in [-0.2, -0.15) is 0 Å². The molecule has 2 aromatic rings. The summed E-state index contributed by atoms with van der Waals surface area (Å²) < 4.78 is 5.69. The van der Waals surface area contributed by atoms with Crippen LogP contribution in [0.2, 0.25) is 0 Å². The topological polar surface area (TPSA) is 80.3 Å². The van der Waals surface area contributed by atoms with E-state index < -0.39 is 0 Å². The van der Waals surface area contributed by atoms with Crippen molar-refractivity contribution in [1.82, 2.24) is 15.6 Å². The summed E-state index contributed by atoms with van der Waals surface area (Å²) in [6.45, 7) is 4.49. The van der Waals surface area contributed by atoms with Gasteiger partial charge in [-0.1, -0.05) is 29.8 Å². The van der Waals surface area contributed by atoms with Gasteiger partial charge in [-0.25, -0.2) is 4.98 Å². The molecular weight excluding hydrogens is 366 g/mol. The van der Waals surface area contributed by atoms with E-state index >= 15 is 0 Å². The lowest BCUT2D eigenvalue weighted by Gasteiger charge is -2.23. The van der Waals surface area contributed by atoms with E-state index in [1.807, 2.05) is 31.2 Å². The first-order valence-electron chi connectivity index (χ1n) is 10.2. The summed E-state index contributed by atoms with van der Waals surface area (Å²) in [7, 11) is 1.57. The summed E-state index contributed by atoms with van der Waals surface area (Å²) in [5, 5.41) is 5.90. The minimum Gasteiger partial charge on any atom is -0.376 e. The number of ether oxygens (including phenoxy) is 1. The number of nitrogens with one attached hydrogen (secondary N) is 2. The molecule has 6 nitrogen and oxygen atoms in total. The highest BCUT2D eigenvalue weighted by molar-refractivity contribution is 5.99. The monoisotopic (exact) mass is 395 g/mol. The highest BCUT2D eigenvalue weighted by atomic mass is 16.5. The zero-order valence-electron chi connectivity index (χ0n) is 17.2. The number of carbonyl (C=O) groups is 2. The van der Waals surface area contributed by atoms with Crippen LogP contribution in [0.3, 0.4) is 0 Å². The van der Waals surface area contributed by atoms with Gasteiger partial charge in [-0.05, 0) is 37.5 Å². The molecule has 0 unspecified atom stereocenters. The van der Waals surface area contributed by atoms with Gasteiger partial charge in [-0.3, -0.25) is 9.59 Å². The molecule has 1 fully saturated rings. The fourth-order valence-corrected chi connectivity index (χ4v) is 3.55. The van der Waals surface area contributed by atoms with Crippen molar-refractivity contribution in [2.75, 3.05) is 26.7 Å². The van der Waals surface area contributed by atoms with E-state index in [0.717, 1.165) is 43.8 Å². The Hall–Kier alpha value is -2.57. The molecule has 0 spiro atoms. The number of hydrogen-bond donors (Lipinski definition) is 2. The number of aromatic nitrogens is 1. The van der Waals surface area contributed by atoms with Gasteiger partial charge in [0.2, 0.25) is 0 Å². The molecule has 1 aliphatic heterocycles. The van der Waals surface area contributed by atoms with Crippen LogP contribution in [-0.2, 0) is 11.2 Å². The lowest BCUT2D eigenvalue weighted by molar-refractivity contribution is 0.0222. The SMILES string of the molecule is CNC(=O)c1cc(C(=O)CCC[C@@H]2CNCCO2)cc(Cc2cccc(C)c2)n1. The van der Waals surface area contributed by atoms with Crippen LogP contribution in [0.1, 0.15) is 56.9 Å². The van der Waals surface area contributed by atoms with Crippen LogP contribution < -0.4 is 10.6 Å². The second kappa shape index (κ2) is 10.3. The number of nitrogens with zero attached hydrogens (tertiary/aromatic N) is 1. The summed E-state index contributed by atoms with van der Waals surface area (Å²) in [5.41, 5.74) is 3.82. The number of ketones is 1. The van der Waals surface area contributed by atoms with Crippen molar-refractivity contribution in [2.24, 2.45) is 0 Å². The van der Waals surface area contributed by atoms with E-state index in [1.54, 1.807) is 13.1 Å². The molecule has 1 saturated heterocycles. The van der Waals surface area contributed by atoms with E-state index in [2.05, 4.69) is 21.7 Å². The number of rotatable bonds is 8. The van der Waals surface area contributed by atoms with Crippen molar-refractivity contribution in [3.8, 4) is 0 Å². The Bertz CT molecular complexity index is 860. The summed E-state index contributed by atoms with van der Waals surface area (Å²) in [6.07, 6.45) is 2.79. The number of pyridine rings is 1. The highest BCUT2D eigenvalue weighted by Gasteiger charge is 2.17. The molecule has 0 saturated carbocycles. The molecule has 0 bridgehead atoms.